The van der Waals surface area contributed by atoms with Crippen molar-refractivity contribution in [1.29, 1.82) is 0 Å². The van der Waals surface area contributed by atoms with Gasteiger partial charge in [0.15, 0.2) is 6.61 Å². The van der Waals surface area contributed by atoms with Crippen molar-refractivity contribution in [3.8, 4) is 5.88 Å². The molecule has 1 amide bonds. The van der Waals surface area contributed by atoms with Crippen molar-refractivity contribution < 1.29 is 14.1 Å². The molecule has 0 spiro atoms. The third-order valence-corrected chi connectivity index (χ3v) is 5.09. The second-order valence-electron chi connectivity index (χ2n) is 7.41. The Bertz CT molecular complexity index is 948. The minimum absolute atomic E-state index is 0.114. The molecule has 1 aliphatic rings. The zero-order valence-electron chi connectivity index (χ0n) is 17.1. The van der Waals surface area contributed by atoms with E-state index in [4.69, 9.17) is 9.26 Å². The number of carbonyl (C=O) groups is 1. The minimum Gasteiger partial charge on any atom is -0.465 e. The lowest BCUT2D eigenvalue weighted by atomic mass is 10.2. The molecule has 0 unspecified atom stereocenters. The quantitative estimate of drug-likeness (QED) is 0.649. The van der Waals surface area contributed by atoms with Crippen molar-refractivity contribution in [1.82, 2.24) is 10.1 Å². The number of hydrogen-bond acceptors (Lipinski definition) is 6. The number of nitrogens with one attached hydrogen (secondary N) is 1. The van der Waals surface area contributed by atoms with Crippen molar-refractivity contribution in [2.45, 2.75) is 13.5 Å². The lowest BCUT2D eigenvalue weighted by molar-refractivity contribution is -0.118. The molecule has 1 saturated heterocycles. The highest BCUT2D eigenvalue weighted by molar-refractivity contribution is 5.92. The van der Waals surface area contributed by atoms with E-state index < -0.39 is 0 Å². The monoisotopic (exact) mass is 406 g/mol. The highest BCUT2D eigenvalue weighted by atomic mass is 16.5. The van der Waals surface area contributed by atoms with Crippen LogP contribution in [0.4, 0.5) is 11.4 Å². The number of anilines is 2. The van der Waals surface area contributed by atoms with E-state index in [2.05, 4.69) is 50.6 Å². The number of benzene rings is 2. The highest BCUT2D eigenvalue weighted by Gasteiger charge is 2.17. The summed E-state index contributed by atoms with van der Waals surface area (Å²) in [5.74, 6) is 0.712. The average molecular weight is 406 g/mol. The molecule has 1 aromatic heterocycles. The topological polar surface area (TPSA) is 70.8 Å². The summed E-state index contributed by atoms with van der Waals surface area (Å²) in [6, 6.07) is 20.2. The smallest absolute Gasteiger partial charge is 0.262 e. The van der Waals surface area contributed by atoms with Crippen LogP contribution in [-0.4, -0.2) is 48.7 Å². The van der Waals surface area contributed by atoms with Gasteiger partial charge in [-0.15, -0.1) is 0 Å². The Morgan fingerprint density at radius 2 is 1.80 bits per heavy atom. The number of aromatic nitrogens is 1. The van der Waals surface area contributed by atoms with Crippen LogP contribution in [0.1, 0.15) is 11.3 Å². The van der Waals surface area contributed by atoms with Crippen molar-refractivity contribution in [2.24, 2.45) is 0 Å². The first-order chi connectivity index (χ1) is 14.7. The fourth-order valence-electron chi connectivity index (χ4n) is 3.51. The Morgan fingerprint density at radius 1 is 1.07 bits per heavy atom. The molecule has 0 saturated carbocycles. The molecular formula is C23H26N4O3. The largest absolute Gasteiger partial charge is 0.465 e. The Morgan fingerprint density at radius 3 is 2.47 bits per heavy atom. The third-order valence-electron chi connectivity index (χ3n) is 5.09. The summed E-state index contributed by atoms with van der Waals surface area (Å²) < 4.78 is 10.2. The highest BCUT2D eigenvalue weighted by Crippen LogP contribution is 2.20. The summed E-state index contributed by atoms with van der Waals surface area (Å²) in [6.45, 7) is 6.70. The summed E-state index contributed by atoms with van der Waals surface area (Å²) in [6.07, 6.45) is 0. The van der Waals surface area contributed by atoms with Gasteiger partial charge < -0.3 is 19.5 Å². The SMILES string of the molecule is Cc1cc(OCC(=O)Nc2ccc(N3CCN(Cc4ccccc4)CC3)cc2)no1. The van der Waals surface area contributed by atoms with Crippen molar-refractivity contribution in [3.05, 3.63) is 72.0 Å². The molecule has 30 heavy (non-hydrogen) atoms. The Balaban J connectivity index is 1.23. The fraction of sp³-hybridized carbons (Fsp3) is 0.304. The maximum absolute atomic E-state index is 12.1. The van der Waals surface area contributed by atoms with E-state index in [0.717, 1.165) is 38.4 Å². The lowest BCUT2D eigenvalue weighted by Crippen LogP contribution is -2.45. The summed E-state index contributed by atoms with van der Waals surface area (Å²) in [5, 5.41) is 6.53. The van der Waals surface area contributed by atoms with Gasteiger partial charge in [0.05, 0.1) is 0 Å². The van der Waals surface area contributed by atoms with Crippen molar-refractivity contribution in [3.63, 3.8) is 0 Å². The van der Waals surface area contributed by atoms with E-state index in [9.17, 15) is 4.79 Å². The summed E-state index contributed by atoms with van der Waals surface area (Å²) >= 11 is 0. The van der Waals surface area contributed by atoms with Gasteiger partial charge in [0.25, 0.3) is 11.8 Å². The van der Waals surface area contributed by atoms with Crippen LogP contribution in [0.25, 0.3) is 0 Å². The van der Waals surface area contributed by atoms with Gasteiger partial charge in [0, 0.05) is 50.2 Å². The van der Waals surface area contributed by atoms with Gasteiger partial charge in [-0.05, 0) is 41.9 Å². The van der Waals surface area contributed by atoms with E-state index >= 15 is 0 Å². The zero-order chi connectivity index (χ0) is 20.8. The van der Waals surface area contributed by atoms with Crippen LogP contribution in [0, 0.1) is 6.92 Å². The predicted molar refractivity (Wildman–Crippen MR) is 116 cm³/mol. The van der Waals surface area contributed by atoms with Crippen molar-refractivity contribution >= 4 is 17.3 Å². The summed E-state index contributed by atoms with van der Waals surface area (Å²) in [5.41, 5.74) is 3.27. The van der Waals surface area contributed by atoms with Gasteiger partial charge in [-0.2, -0.15) is 0 Å². The van der Waals surface area contributed by atoms with Gasteiger partial charge in [0.1, 0.15) is 5.76 Å². The van der Waals surface area contributed by atoms with Gasteiger partial charge >= 0.3 is 0 Å². The van der Waals surface area contributed by atoms with E-state index in [1.165, 1.54) is 11.3 Å². The number of piperazine rings is 1. The average Bonchev–Trinajstić information content (AvgIpc) is 3.19. The Kier molecular flexibility index (Phi) is 6.29. The number of carbonyl (C=O) groups excluding carboxylic acids is 1. The maximum atomic E-state index is 12.1. The van der Waals surface area contributed by atoms with Crippen LogP contribution >= 0.6 is 0 Å². The van der Waals surface area contributed by atoms with Crippen molar-refractivity contribution in [2.75, 3.05) is 43.0 Å². The first-order valence-corrected chi connectivity index (χ1v) is 10.1. The maximum Gasteiger partial charge on any atom is 0.262 e. The van der Waals surface area contributed by atoms with Crippen LogP contribution in [0.15, 0.2) is 65.2 Å². The predicted octanol–water partition coefficient (Wildman–Crippen LogP) is 3.32. The Labute approximate surface area is 176 Å². The van der Waals surface area contributed by atoms with Gasteiger partial charge in [-0.3, -0.25) is 9.69 Å². The standard InChI is InChI=1S/C23H26N4O3/c1-18-15-23(25-30-18)29-17-22(28)24-20-7-9-21(10-8-20)27-13-11-26(12-14-27)16-19-5-3-2-4-6-19/h2-10,15H,11-14,16-17H2,1H3,(H,24,28). The van der Waals surface area contributed by atoms with Crippen LogP contribution in [0.3, 0.4) is 0 Å². The number of hydrogen-bond donors (Lipinski definition) is 1. The Hall–Kier alpha value is -3.32. The number of aryl methyl sites for hydroxylation is 1. The molecule has 4 rings (SSSR count). The van der Waals surface area contributed by atoms with Crippen LogP contribution in [0.5, 0.6) is 5.88 Å². The number of ether oxygens (including phenoxy) is 1. The molecule has 7 nitrogen and oxygen atoms in total. The molecule has 0 atom stereocenters. The molecule has 0 aliphatic carbocycles. The van der Waals surface area contributed by atoms with Gasteiger partial charge in [-0.1, -0.05) is 30.3 Å². The van der Waals surface area contributed by atoms with E-state index in [-0.39, 0.29) is 12.5 Å². The molecule has 7 heteroatoms. The second-order valence-corrected chi connectivity index (χ2v) is 7.41. The molecule has 2 heterocycles. The van der Waals surface area contributed by atoms with E-state index in [1.54, 1.807) is 13.0 Å². The molecule has 2 aromatic carbocycles. The molecule has 3 aromatic rings. The first-order valence-electron chi connectivity index (χ1n) is 10.1. The molecule has 0 radical (unpaired) electrons. The van der Waals surface area contributed by atoms with Crippen LogP contribution < -0.4 is 15.0 Å². The van der Waals surface area contributed by atoms with E-state index in [0.29, 0.717) is 11.6 Å². The zero-order valence-corrected chi connectivity index (χ0v) is 17.1. The van der Waals surface area contributed by atoms with E-state index in [1.807, 2.05) is 24.3 Å². The normalized spacial score (nSPS) is 14.5. The second kappa shape index (κ2) is 9.45. The first kappa shape index (κ1) is 20.0. The molecule has 156 valence electrons. The molecule has 1 N–H and O–H groups in total. The third kappa shape index (κ3) is 5.39. The summed E-state index contributed by atoms with van der Waals surface area (Å²) in [7, 11) is 0. The number of nitrogens with zero attached hydrogens (tertiary/aromatic N) is 3. The lowest BCUT2D eigenvalue weighted by Gasteiger charge is -2.36. The molecule has 1 fully saturated rings. The van der Waals surface area contributed by atoms with Gasteiger partial charge in [0.2, 0.25) is 0 Å². The number of amides is 1. The number of rotatable bonds is 7. The molecule has 1 aliphatic heterocycles. The minimum atomic E-state index is -0.238. The summed E-state index contributed by atoms with van der Waals surface area (Å²) in [4.78, 5) is 16.9. The van der Waals surface area contributed by atoms with Crippen LogP contribution in [-0.2, 0) is 11.3 Å². The van der Waals surface area contributed by atoms with Gasteiger partial charge in [-0.25, -0.2) is 0 Å². The van der Waals surface area contributed by atoms with Crippen LogP contribution in [0.2, 0.25) is 0 Å². The molecule has 0 bridgehead atoms. The fourth-order valence-corrected chi connectivity index (χ4v) is 3.51. The molecular weight excluding hydrogens is 380 g/mol.